The summed E-state index contributed by atoms with van der Waals surface area (Å²) in [6.45, 7) is 0.891. The van der Waals surface area contributed by atoms with Crippen LogP contribution in [0.15, 0.2) is 4.99 Å². The van der Waals surface area contributed by atoms with E-state index in [1.165, 1.54) is 6.92 Å². The van der Waals surface area contributed by atoms with E-state index in [4.69, 9.17) is 15.9 Å². The third-order valence-electron chi connectivity index (χ3n) is 1.17. The Morgan fingerprint density at radius 3 is 2.38 bits per heavy atom. The summed E-state index contributed by atoms with van der Waals surface area (Å²) in [7, 11) is 0. The molecule has 0 fully saturated rings. The first-order valence-electron chi connectivity index (χ1n) is 3.33. The van der Waals surface area contributed by atoms with Crippen molar-refractivity contribution in [3.63, 3.8) is 0 Å². The number of aliphatic imine (C=N–C) groups is 1. The molecular weight excluding hydrogens is 171 g/mol. The molecule has 0 aliphatic rings. The van der Waals surface area contributed by atoms with Crippen LogP contribution < -0.4 is 29.7 Å². The number of aliphatic hydroxyl groups is 1. The first-order valence-corrected chi connectivity index (χ1v) is 3.33. The fourth-order valence-corrected chi connectivity index (χ4v) is 0.577. The van der Waals surface area contributed by atoms with Crippen molar-refractivity contribution in [1.29, 1.82) is 0 Å². The zero-order valence-corrected chi connectivity index (χ0v) is 7.60. The van der Waals surface area contributed by atoms with Gasteiger partial charge in [0.25, 0.3) is 0 Å². The maximum Gasteiger partial charge on any atom is 1.00 e. The molecule has 0 saturated heterocycles. The van der Waals surface area contributed by atoms with Crippen molar-refractivity contribution in [2.75, 3.05) is 6.54 Å². The van der Waals surface area contributed by atoms with Crippen molar-refractivity contribution in [3.8, 4) is 0 Å². The maximum atomic E-state index is 10.6. The fourth-order valence-electron chi connectivity index (χ4n) is 0.577. The topological polar surface area (TPSA) is 119 Å². The molecule has 6 nitrogen and oxygen atoms in total. The largest absolute Gasteiger partial charge is 1.00 e. The van der Waals surface area contributed by atoms with Gasteiger partial charge >= 0.3 is 24.8 Å². The van der Waals surface area contributed by atoms with E-state index in [1.54, 1.807) is 0 Å². The van der Waals surface area contributed by atoms with Crippen LogP contribution in [0.1, 0.15) is 6.92 Å². The van der Waals surface area contributed by atoms with Crippen molar-refractivity contribution in [2.24, 2.45) is 10.7 Å². The van der Waals surface area contributed by atoms with Crippen LogP contribution in [0.2, 0.25) is 0 Å². The number of nitrogens with two attached hydrogens (primary N) is 1. The van der Waals surface area contributed by atoms with Crippen LogP contribution in [0.4, 0.5) is 0 Å². The summed E-state index contributed by atoms with van der Waals surface area (Å²) in [6, 6.07) is -1.42. The molecule has 70 valence electrons. The Labute approximate surface area is 87.6 Å². The number of carboxylic acid groups (broad SMARTS) is 1. The number of hydrogen-bond acceptors (Lipinski definition) is 5. The van der Waals surface area contributed by atoms with Gasteiger partial charge in [0.05, 0.1) is 6.10 Å². The van der Waals surface area contributed by atoms with Crippen LogP contribution in [0.5, 0.6) is 0 Å². The zero-order valence-electron chi connectivity index (χ0n) is 7.60. The minimum atomic E-state index is -1.42. The first-order chi connectivity index (χ1) is 5.49. The molecule has 0 spiro atoms. The van der Waals surface area contributed by atoms with Crippen molar-refractivity contribution in [2.45, 2.75) is 19.1 Å². The van der Waals surface area contributed by atoms with Gasteiger partial charge in [-0.2, -0.15) is 0 Å². The molecular formula is C6H11LiN2O4. The van der Waals surface area contributed by atoms with Gasteiger partial charge in [0.1, 0.15) is 0 Å². The number of aliphatic hydroxyl groups excluding tert-OH is 1. The van der Waals surface area contributed by atoms with Gasteiger partial charge in [-0.3, -0.25) is 4.99 Å². The second-order valence-electron chi connectivity index (χ2n) is 2.25. The summed E-state index contributed by atoms with van der Waals surface area (Å²) in [5.41, 5.74) is 4.90. The molecule has 0 saturated carbocycles. The average Bonchev–Trinajstić information content (AvgIpc) is 1.98. The van der Waals surface area contributed by atoms with Crippen molar-refractivity contribution < 1.29 is 39.0 Å². The molecule has 0 amide bonds. The van der Waals surface area contributed by atoms with Crippen molar-refractivity contribution in [1.82, 2.24) is 0 Å². The van der Waals surface area contributed by atoms with E-state index in [0.717, 1.165) is 0 Å². The van der Waals surface area contributed by atoms with Gasteiger partial charge in [-0.05, 0) is 12.8 Å². The van der Waals surface area contributed by atoms with Gasteiger partial charge in [0.15, 0.2) is 6.04 Å². The van der Waals surface area contributed by atoms with Crippen molar-refractivity contribution in [3.05, 3.63) is 0 Å². The minimum Gasteiger partial charge on any atom is -0.861 e. The molecule has 0 bridgehead atoms. The summed E-state index contributed by atoms with van der Waals surface area (Å²) in [5, 5.41) is 27.9. The van der Waals surface area contributed by atoms with Gasteiger partial charge in [-0.1, -0.05) is 0 Å². The summed E-state index contributed by atoms with van der Waals surface area (Å²) in [5.74, 6) is -2.07. The Morgan fingerprint density at radius 1 is 1.69 bits per heavy atom. The predicted octanol–water partition coefficient (Wildman–Crippen LogP) is -5.46. The molecule has 4 N–H and O–H groups in total. The van der Waals surface area contributed by atoms with Crippen LogP contribution >= 0.6 is 0 Å². The second kappa shape index (κ2) is 6.92. The number of rotatable bonds is 4. The summed E-state index contributed by atoms with van der Waals surface area (Å²) in [4.78, 5) is 13.5. The van der Waals surface area contributed by atoms with Gasteiger partial charge < -0.3 is 21.1 Å². The second-order valence-corrected chi connectivity index (χ2v) is 2.25. The normalized spacial score (nSPS) is 15.8. The molecule has 0 aliphatic heterocycles. The number of carboxylic acids is 1. The smallest absolute Gasteiger partial charge is 0.861 e. The Bertz CT molecular complexity index is 195. The van der Waals surface area contributed by atoms with Gasteiger partial charge in [0.2, 0.25) is 0 Å². The van der Waals surface area contributed by atoms with Gasteiger partial charge in [-0.25, -0.2) is 4.79 Å². The molecule has 0 aliphatic carbocycles. The molecule has 7 heteroatoms. The molecule has 0 aromatic carbocycles. The monoisotopic (exact) mass is 182 g/mol. The van der Waals surface area contributed by atoms with E-state index in [-0.39, 0.29) is 25.4 Å². The van der Waals surface area contributed by atoms with Crippen LogP contribution in [-0.2, 0) is 4.79 Å². The molecule has 13 heavy (non-hydrogen) atoms. The van der Waals surface area contributed by atoms with Crippen LogP contribution in [0.25, 0.3) is 0 Å². The minimum absolute atomic E-state index is 0. The third-order valence-corrected chi connectivity index (χ3v) is 1.17. The van der Waals surface area contributed by atoms with E-state index >= 15 is 0 Å². The predicted molar refractivity (Wildman–Crippen MR) is 39.6 cm³/mol. The average molecular weight is 182 g/mol. The zero-order chi connectivity index (χ0) is 9.72. The first kappa shape index (κ1) is 15.0. The molecule has 0 heterocycles. The van der Waals surface area contributed by atoms with E-state index in [1.807, 2.05) is 0 Å². The van der Waals surface area contributed by atoms with Crippen LogP contribution in [0.3, 0.4) is 0 Å². The Balaban J connectivity index is 0. The molecule has 0 unspecified atom stereocenters. The molecule has 2 atom stereocenters. The Kier molecular flexibility index (Phi) is 7.96. The Morgan fingerprint density at radius 2 is 2.15 bits per heavy atom. The number of aliphatic carboxylic acids is 1. The number of carbonyl (C=O) groups is 1. The number of hydrogen-bond donors (Lipinski definition) is 3. The van der Waals surface area contributed by atoms with Crippen molar-refractivity contribution >= 4 is 11.9 Å². The SMILES string of the molecule is C[C@@H](O)[C@H](N=C([O-])CN)C(=O)O.[Li+]. The molecule has 0 aromatic heterocycles. The third kappa shape index (κ3) is 5.66. The van der Waals surface area contributed by atoms with E-state index in [2.05, 4.69) is 4.99 Å². The van der Waals surface area contributed by atoms with Crippen LogP contribution in [-0.4, -0.2) is 40.8 Å². The Hall–Kier alpha value is -0.543. The van der Waals surface area contributed by atoms with E-state index in [9.17, 15) is 9.90 Å². The maximum absolute atomic E-state index is 10.6. The quantitative estimate of drug-likeness (QED) is 0.227. The number of nitrogens with zero attached hydrogens (tertiary/aromatic N) is 1. The van der Waals surface area contributed by atoms with E-state index < -0.39 is 24.0 Å². The van der Waals surface area contributed by atoms with Gasteiger partial charge in [0, 0.05) is 6.54 Å². The van der Waals surface area contributed by atoms with Crippen LogP contribution in [0, 0.1) is 0 Å². The molecule has 0 rings (SSSR count). The fraction of sp³-hybridized carbons (Fsp3) is 0.667. The van der Waals surface area contributed by atoms with Gasteiger partial charge in [-0.15, -0.1) is 0 Å². The summed E-state index contributed by atoms with van der Waals surface area (Å²) >= 11 is 0. The molecule has 0 aromatic rings. The molecule has 0 radical (unpaired) electrons. The standard InChI is InChI=1S/C6H12N2O4.Li/c1-3(9)5(6(11)12)8-4(10)2-7;/h3,5,9H,2,7H2,1H3,(H,8,10)(H,11,12);/q;+1/p-1/t3-,5+;/m1./s1. The summed E-state index contributed by atoms with van der Waals surface area (Å²) < 4.78 is 0. The van der Waals surface area contributed by atoms with E-state index in [0.29, 0.717) is 0 Å². The summed E-state index contributed by atoms with van der Waals surface area (Å²) in [6.07, 6.45) is -1.20.